The molecule has 2 aromatic rings. The number of fused-ring (bicyclic) bond motifs is 1. The van der Waals surface area contributed by atoms with E-state index < -0.39 is 0 Å². The van der Waals surface area contributed by atoms with Gasteiger partial charge in [0.15, 0.2) is 0 Å². The maximum atomic E-state index is 6.40. The lowest BCUT2D eigenvalue weighted by Crippen LogP contribution is -2.16. The molecular weight excluding hydrogens is 208 g/mol. The molecule has 2 heteroatoms. The molecule has 88 valence electrons. The molecule has 1 saturated carbocycles. The lowest BCUT2D eigenvalue weighted by atomic mass is 9.95. The predicted octanol–water partition coefficient (Wildman–Crippen LogP) is 3.28. The summed E-state index contributed by atoms with van der Waals surface area (Å²) in [5.74, 6) is 0.593. The third-order valence-electron chi connectivity index (χ3n) is 4.08. The second kappa shape index (κ2) is 3.54. The molecule has 3 rings (SSSR count). The molecule has 2 nitrogen and oxygen atoms in total. The van der Waals surface area contributed by atoms with Crippen molar-refractivity contribution in [2.24, 2.45) is 17.1 Å². The molecule has 1 aliphatic rings. The molecule has 2 unspecified atom stereocenters. The molecule has 0 aliphatic heterocycles. The van der Waals surface area contributed by atoms with E-state index in [2.05, 4.69) is 37.0 Å². The third-order valence-corrected chi connectivity index (χ3v) is 4.08. The van der Waals surface area contributed by atoms with Crippen molar-refractivity contribution < 1.29 is 0 Å². The van der Waals surface area contributed by atoms with Crippen LogP contribution in [0.3, 0.4) is 0 Å². The molecule has 1 aromatic carbocycles. The van der Waals surface area contributed by atoms with Gasteiger partial charge in [0.1, 0.15) is 0 Å². The molecule has 1 fully saturated rings. The first kappa shape index (κ1) is 10.7. The Morgan fingerprint density at radius 1 is 1.29 bits per heavy atom. The van der Waals surface area contributed by atoms with Crippen molar-refractivity contribution in [2.75, 3.05) is 0 Å². The van der Waals surface area contributed by atoms with Crippen LogP contribution in [0.15, 0.2) is 36.7 Å². The van der Waals surface area contributed by atoms with Gasteiger partial charge < -0.3 is 5.73 Å². The van der Waals surface area contributed by atoms with Gasteiger partial charge in [-0.1, -0.05) is 38.1 Å². The van der Waals surface area contributed by atoms with Gasteiger partial charge >= 0.3 is 0 Å². The highest BCUT2D eigenvalue weighted by atomic mass is 14.7. The van der Waals surface area contributed by atoms with Crippen molar-refractivity contribution >= 4 is 10.8 Å². The number of hydrogen-bond donors (Lipinski definition) is 1. The Morgan fingerprint density at radius 2 is 2.00 bits per heavy atom. The second-order valence-corrected chi connectivity index (χ2v) is 5.77. The topological polar surface area (TPSA) is 38.9 Å². The SMILES string of the molecule is CC1(C)CC1C(N)c1cncc2ccccc12. The lowest BCUT2D eigenvalue weighted by Gasteiger charge is -2.15. The molecule has 2 atom stereocenters. The summed E-state index contributed by atoms with van der Waals surface area (Å²) in [6, 6.07) is 8.46. The van der Waals surface area contributed by atoms with E-state index in [4.69, 9.17) is 5.73 Å². The average molecular weight is 226 g/mol. The van der Waals surface area contributed by atoms with Crippen molar-refractivity contribution in [2.45, 2.75) is 26.3 Å². The highest BCUT2D eigenvalue weighted by Gasteiger charge is 2.49. The Bertz CT molecular complexity index is 554. The van der Waals surface area contributed by atoms with Gasteiger partial charge in [0.05, 0.1) is 0 Å². The van der Waals surface area contributed by atoms with E-state index in [9.17, 15) is 0 Å². The number of nitrogens with two attached hydrogens (primary N) is 1. The monoisotopic (exact) mass is 226 g/mol. The molecule has 0 saturated heterocycles. The van der Waals surface area contributed by atoms with Crippen LogP contribution in [-0.2, 0) is 0 Å². The van der Waals surface area contributed by atoms with Crippen molar-refractivity contribution in [1.82, 2.24) is 4.98 Å². The summed E-state index contributed by atoms with van der Waals surface area (Å²) >= 11 is 0. The van der Waals surface area contributed by atoms with E-state index in [1.807, 2.05) is 18.5 Å². The number of rotatable bonds is 2. The van der Waals surface area contributed by atoms with Crippen molar-refractivity contribution in [3.05, 3.63) is 42.2 Å². The van der Waals surface area contributed by atoms with E-state index >= 15 is 0 Å². The smallest absolute Gasteiger partial charge is 0.0350 e. The van der Waals surface area contributed by atoms with Gasteiger partial charge in [-0.05, 0) is 28.7 Å². The molecule has 2 N–H and O–H groups in total. The normalized spacial score (nSPS) is 23.6. The minimum Gasteiger partial charge on any atom is -0.324 e. The highest BCUT2D eigenvalue weighted by Crippen LogP contribution is 2.57. The summed E-state index contributed by atoms with van der Waals surface area (Å²) in [6.07, 6.45) is 5.06. The fourth-order valence-corrected chi connectivity index (χ4v) is 2.74. The molecule has 17 heavy (non-hydrogen) atoms. The van der Waals surface area contributed by atoms with Gasteiger partial charge in [-0.3, -0.25) is 4.98 Å². The molecule has 0 radical (unpaired) electrons. The Hall–Kier alpha value is -1.41. The maximum Gasteiger partial charge on any atom is 0.0350 e. The zero-order valence-corrected chi connectivity index (χ0v) is 10.4. The van der Waals surface area contributed by atoms with Crippen molar-refractivity contribution in [1.29, 1.82) is 0 Å². The number of hydrogen-bond acceptors (Lipinski definition) is 2. The third kappa shape index (κ3) is 1.73. The Labute approximate surface area is 102 Å². The largest absolute Gasteiger partial charge is 0.324 e. The first-order chi connectivity index (χ1) is 8.09. The zero-order valence-electron chi connectivity index (χ0n) is 10.4. The number of pyridine rings is 1. The fraction of sp³-hybridized carbons (Fsp3) is 0.400. The zero-order chi connectivity index (χ0) is 12.0. The summed E-state index contributed by atoms with van der Waals surface area (Å²) in [5, 5.41) is 2.43. The average Bonchev–Trinajstić information content (AvgIpc) is 2.97. The summed E-state index contributed by atoms with van der Waals surface area (Å²) in [4.78, 5) is 4.31. The molecule has 0 spiro atoms. The van der Waals surface area contributed by atoms with Crippen LogP contribution in [0, 0.1) is 11.3 Å². The predicted molar refractivity (Wildman–Crippen MR) is 70.6 cm³/mol. The maximum absolute atomic E-state index is 6.40. The minimum atomic E-state index is 0.114. The molecule has 1 aliphatic carbocycles. The van der Waals surface area contributed by atoms with E-state index in [1.54, 1.807) is 0 Å². The number of aromatic nitrogens is 1. The molecule has 0 amide bonds. The standard InChI is InChI=1S/C15H18N2/c1-15(2)7-13(15)14(16)12-9-17-8-10-5-3-4-6-11(10)12/h3-6,8-9,13-14H,7,16H2,1-2H3. The van der Waals surface area contributed by atoms with Crippen LogP contribution in [0.5, 0.6) is 0 Å². The summed E-state index contributed by atoms with van der Waals surface area (Å²) in [6.45, 7) is 4.58. The quantitative estimate of drug-likeness (QED) is 0.853. The van der Waals surface area contributed by atoms with E-state index in [0.29, 0.717) is 11.3 Å². The van der Waals surface area contributed by atoms with Gasteiger partial charge in [0.2, 0.25) is 0 Å². The van der Waals surface area contributed by atoms with Crippen LogP contribution in [0.1, 0.15) is 31.9 Å². The van der Waals surface area contributed by atoms with Gasteiger partial charge in [0, 0.05) is 23.8 Å². The van der Waals surface area contributed by atoms with E-state index in [-0.39, 0.29) is 6.04 Å². The summed E-state index contributed by atoms with van der Waals surface area (Å²) in [5.41, 5.74) is 7.99. The molecule has 0 bridgehead atoms. The lowest BCUT2D eigenvalue weighted by molar-refractivity contribution is 0.492. The van der Waals surface area contributed by atoms with Gasteiger partial charge in [-0.2, -0.15) is 0 Å². The van der Waals surface area contributed by atoms with Crippen LogP contribution in [0.2, 0.25) is 0 Å². The highest BCUT2D eigenvalue weighted by molar-refractivity contribution is 5.85. The molecule has 1 aromatic heterocycles. The number of nitrogens with zero attached hydrogens (tertiary/aromatic N) is 1. The van der Waals surface area contributed by atoms with E-state index in [0.717, 1.165) is 0 Å². The molecule has 1 heterocycles. The molecular formula is C15H18N2. The second-order valence-electron chi connectivity index (χ2n) is 5.77. The van der Waals surface area contributed by atoms with Gasteiger partial charge in [-0.25, -0.2) is 0 Å². The minimum absolute atomic E-state index is 0.114. The van der Waals surface area contributed by atoms with Crippen LogP contribution in [-0.4, -0.2) is 4.98 Å². The van der Waals surface area contributed by atoms with Gasteiger partial charge in [-0.15, -0.1) is 0 Å². The van der Waals surface area contributed by atoms with Crippen LogP contribution in [0.4, 0.5) is 0 Å². The first-order valence-corrected chi connectivity index (χ1v) is 6.18. The first-order valence-electron chi connectivity index (χ1n) is 6.18. The van der Waals surface area contributed by atoms with Crippen LogP contribution >= 0.6 is 0 Å². The van der Waals surface area contributed by atoms with Crippen LogP contribution < -0.4 is 5.73 Å². The van der Waals surface area contributed by atoms with Gasteiger partial charge in [0.25, 0.3) is 0 Å². The summed E-state index contributed by atoms with van der Waals surface area (Å²) < 4.78 is 0. The Morgan fingerprint density at radius 3 is 2.71 bits per heavy atom. The number of benzene rings is 1. The van der Waals surface area contributed by atoms with Crippen molar-refractivity contribution in [3.8, 4) is 0 Å². The van der Waals surface area contributed by atoms with Crippen molar-refractivity contribution in [3.63, 3.8) is 0 Å². The Kier molecular flexibility index (Phi) is 2.23. The van der Waals surface area contributed by atoms with Crippen LogP contribution in [0.25, 0.3) is 10.8 Å². The summed E-state index contributed by atoms with van der Waals surface area (Å²) in [7, 11) is 0. The Balaban J connectivity index is 2.06. The fourth-order valence-electron chi connectivity index (χ4n) is 2.74. The van der Waals surface area contributed by atoms with E-state index in [1.165, 1.54) is 22.8 Å².